The van der Waals surface area contributed by atoms with Crippen LogP contribution in [0.15, 0.2) is 36.5 Å². The van der Waals surface area contributed by atoms with E-state index in [2.05, 4.69) is 23.3 Å². The zero-order valence-electron chi connectivity index (χ0n) is 12.3. The van der Waals surface area contributed by atoms with Crippen molar-refractivity contribution in [3.8, 4) is 23.4 Å². The average Bonchev–Trinajstić information content (AvgIpc) is 2.53. The van der Waals surface area contributed by atoms with E-state index in [-0.39, 0.29) is 6.04 Å². The largest absolute Gasteiger partial charge is 0.497 e. The molecule has 1 heterocycles. The van der Waals surface area contributed by atoms with Gasteiger partial charge in [0.25, 0.3) is 0 Å². The fraction of sp³-hybridized carbons (Fsp3) is 0.250. The molecule has 21 heavy (non-hydrogen) atoms. The Morgan fingerprint density at radius 2 is 2.00 bits per heavy atom. The number of hydrogen-bond donors (Lipinski definition) is 1. The van der Waals surface area contributed by atoms with Crippen molar-refractivity contribution in [2.75, 3.05) is 14.2 Å². The zero-order valence-corrected chi connectivity index (χ0v) is 12.3. The second-order valence-electron chi connectivity index (χ2n) is 4.55. The first-order valence-electron chi connectivity index (χ1n) is 6.56. The molecule has 0 aliphatic heterocycles. The molecular formula is C16H17N3O2. The van der Waals surface area contributed by atoms with Crippen LogP contribution in [0.4, 0.5) is 0 Å². The van der Waals surface area contributed by atoms with Gasteiger partial charge in [-0.15, -0.1) is 0 Å². The maximum atomic E-state index is 9.01. The zero-order chi connectivity index (χ0) is 15.2. The van der Waals surface area contributed by atoms with Gasteiger partial charge in [-0.05, 0) is 37.7 Å². The van der Waals surface area contributed by atoms with Crippen LogP contribution in [-0.2, 0) is 0 Å². The topological polar surface area (TPSA) is 67.2 Å². The summed E-state index contributed by atoms with van der Waals surface area (Å²) in [6, 6.07) is 11.1. The molecule has 0 fully saturated rings. The Kier molecular flexibility index (Phi) is 4.75. The van der Waals surface area contributed by atoms with E-state index < -0.39 is 0 Å². The van der Waals surface area contributed by atoms with Gasteiger partial charge in [-0.2, -0.15) is 5.26 Å². The van der Waals surface area contributed by atoms with E-state index in [1.54, 1.807) is 31.5 Å². The third-order valence-corrected chi connectivity index (χ3v) is 3.16. The highest BCUT2D eigenvalue weighted by atomic mass is 16.5. The summed E-state index contributed by atoms with van der Waals surface area (Å²) in [5.74, 6) is 1.57. The lowest BCUT2D eigenvalue weighted by Gasteiger charge is -2.12. The molecule has 0 saturated heterocycles. The van der Waals surface area contributed by atoms with Gasteiger partial charge in [-0.25, -0.2) is 4.98 Å². The van der Waals surface area contributed by atoms with Gasteiger partial charge in [0.1, 0.15) is 11.5 Å². The fourth-order valence-corrected chi connectivity index (χ4v) is 1.85. The van der Waals surface area contributed by atoms with Crippen molar-refractivity contribution in [1.82, 2.24) is 10.3 Å². The van der Waals surface area contributed by atoms with Crippen LogP contribution < -0.4 is 14.8 Å². The normalized spacial score (nSPS) is 11.5. The quantitative estimate of drug-likeness (QED) is 0.913. The Morgan fingerprint density at radius 3 is 2.67 bits per heavy atom. The van der Waals surface area contributed by atoms with E-state index in [4.69, 9.17) is 14.7 Å². The number of benzene rings is 1. The Labute approximate surface area is 124 Å². The van der Waals surface area contributed by atoms with Crippen molar-refractivity contribution in [3.05, 3.63) is 47.7 Å². The lowest BCUT2D eigenvalue weighted by molar-refractivity contribution is 0.407. The minimum atomic E-state index is 0.204. The highest BCUT2D eigenvalue weighted by Gasteiger charge is 2.07. The van der Waals surface area contributed by atoms with Crippen molar-refractivity contribution < 1.29 is 9.47 Å². The second kappa shape index (κ2) is 6.73. The average molecular weight is 283 g/mol. The standard InChI is InChI=1S/C16H17N3O2/c1-11(18-2)13-4-5-19-16(8-13)21-15-7-12(10-17)6-14(9-15)20-3/h4-9,11,18H,1-3H3. The fourth-order valence-electron chi connectivity index (χ4n) is 1.85. The lowest BCUT2D eigenvalue weighted by atomic mass is 10.1. The predicted molar refractivity (Wildman–Crippen MR) is 79.5 cm³/mol. The highest BCUT2D eigenvalue weighted by molar-refractivity contribution is 5.45. The molecular weight excluding hydrogens is 266 g/mol. The lowest BCUT2D eigenvalue weighted by Crippen LogP contribution is -2.12. The maximum absolute atomic E-state index is 9.01. The van der Waals surface area contributed by atoms with E-state index in [0.29, 0.717) is 22.9 Å². The number of ether oxygens (including phenoxy) is 2. The SMILES string of the molecule is CNC(C)c1ccnc(Oc2cc(C#N)cc(OC)c2)c1. The first-order valence-corrected chi connectivity index (χ1v) is 6.56. The van der Waals surface area contributed by atoms with Gasteiger partial charge in [0, 0.05) is 24.4 Å². The molecule has 2 aromatic rings. The Bertz CT molecular complexity index is 665. The summed E-state index contributed by atoms with van der Waals surface area (Å²) in [4.78, 5) is 4.19. The summed E-state index contributed by atoms with van der Waals surface area (Å²) in [5, 5.41) is 12.2. The van der Waals surface area contributed by atoms with Gasteiger partial charge in [-0.1, -0.05) is 0 Å². The van der Waals surface area contributed by atoms with Gasteiger partial charge in [0.05, 0.1) is 18.7 Å². The molecule has 1 aromatic heterocycles. The summed E-state index contributed by atoms with van der Waals surface area (Å²) >= 11 is 0. The van der Waals surface area contributed by atoms with Crippen molar-refractivity contribution >= 4 is 0 Å². The van der Waals surface area contributed by atoms with Crippen LogP contribution in [0, 0.1) is 11.3 Å². The smallest absolute Gasteiger partial charge is 0.219 e. The van der Waals surface area contributed by atoms with E-state index >= 15 is 0 Å². The molecule has 0 spiro atoms. The predicted octanol–water partition coefficient (Wildman–Crippen LogP) is 3.03. The summed E-state index contributed by atoms with van der Waals surface area (Å²) in [5.41, 5.74) is 1.55. The van der Waals surface area contributed by atoms with Gasteiger partial charge in [0.2, 0.25) is 5.88 Å². The number of nitriles is 1. The van der Waals surface area contributed by atoms with Crippen LogP contribution in [0.1, 0.15) is 24.1 Å². The summed E-state index contributed by atoms with van der Waals surface area (Å²) in [7, 11) is 3.45. The second-order valence-corrected chi connectivity index (χ2v) is 4.55. The molecule has 0 bridgehead atoms. The first-order chi connectivity index (χ1) is 10.2. The van der Waals surface area contributed by atoms with Crippen LogP contribution in [0.5, 0.6) is 17.4 Å². The molecule has 0 aliphatic carbocycles. The summed E-state index contributed by atoms with van der Waals surface area (Å²) in [6.07, 6.45) is 1.70. The summed E-state index contributed by atoms with van der Waals surface area (Å²) in [6.45, 7) is 2.05. The van der Waals surface area contributed by atoms with Crippen LogP contribution in [0.3, 0.4) is 0 Å². The Hall–Kier alpha value is -2.58. The van der Waals surface area contributed by atoms with Crippen molar-refractivity contribution in [1.29, 1.82) is 5.26 Å². The molecule has 0 saturated carbocycles. The van der Waals surface area contributed by atoms with Crippen molar-refractivity contribution in [2.45, 2.75) is 13.0 Å². The van der Waals surface area contributed by atoms with Crippen molar-refractivity contribution in [3.63, 3.8) is 0 Å². The molecule has 1 atom stereocenters. The third kappa shape index (κ3) is 3.71. The number of rotatable bonds is 5. The molecule has 1 N–H and O–H groups in total. The van der Waals surface area contributed by atoms with E-state index in [1.165, 1.54) is 0 Å². The van der Waals surface area contributed by atoms with Crippen LogP contribution in [-0.4, -0.2) is 19.1 Å². The number of aromatic nitrogens is 1. The van der Waals surface area contributed by atoms with Crippen LogP contribution in [0.25, 0.3) is 0 Å². The van der Waals surface area contributed by atoms with Gasteiger partial charge in [0.15, 0.2) is 0 Å². The first kappa shape index (κ1) is 14.8. The molecule has 0 radical (unpaired) electrons. The van der Waals surface area contributed by atoms with E-state index in [0.717, 1.165) is 5.56 Å². The minimum Gasteiger partial charge on any atom is -0.497 e. The molecule has 0 aliphatic rings. The molecule has 5 heteroatoms. The highest BCUT2D eigenvalue weighted by Crippen LogP contribution is 2.27. The number of hydrogen-bond acceptors (Lipinski definition) is 5. The number of methoxy groups -OCH3 is 1. The molecule has 1 aromatic carbocycles. The Balaban J connectivity index is 2.28. The molecule has 108 valence electrons. The maximum Gasteiger partial charge on any atom is 0.219 e. The monoisotopic (exact) mass is 283 g/mol. The minimum absolute atomic E-state index is 0.204. The van der Waals surface area contributed by atoms with E-state index in [9.17, 15) is 0 Å². The van der Waals surface area contributed by atoms with Gasteiger partial charge >= 0.3 is 0 Å². The molecule has 2 rings (SSSR count). The summed E-state index contributed by atoms with van der Waals surface area (Å²) < 4.78 is 10.9. The number of pyridine rings is 1. The molecule has 0 amide bonds. The van der Waals surface area contributed by atoms with Gasteiger partial charge < -0.3 is 14.8 Å². The third-order valence-electron chi connectivity index (χ3n) is 3.16. The number of nitrogens with zero attached hydrogens (tertiary/aromatic N) is 2. The number of nitrogens with one attached hydrogen (secondary N) is 1. The van der Waals surface area contributed by atoms with E-state index in [1.807, 2.05) is 19.2 Å². The van der Waals surface area contributed by atoms with Crippen LogP contribution in [0.2, 0.25) is 0 Å². The van der Waals surface area contributed by atoms with Crippen LogP contribution >= 0.6 is 0 Å². The Morgan fingerprint density at radius 1 is 1.24 bits per heavy atom. The molecule has 1 unspecified atom stereocenters. The molecule has 5 nitrogen and oxygen atoms in total. The van der Waals surface area contributed by atoms with Gasteiger partial charge in [-0.3, -0.25) is 0 Å². The van der Waals surface area contributed by atoms with Crippen molar-refractivity contribution in [2.24, 2.45) is 0 Å².